The summed E-state index contributed by atoms with van der Waals surface area (Å²) < 4.78 is 0. The Hall–Kier alpha value is -0.0800. The largest absolute Gasteiger partial charge is 0.312 e. The van der Waals surface area contributed by atoms with Crippen molar-refractivity contribution in [2.24, 2.45) is 11.3 Å². The minimum absolute atomic E-state index is 0.784. The van der Waals surface area contributed by atoms with Gasteiger partial charge in [0.15, 0.2) is 0 Å². The molecule has 1 N–H and O–H groups in total. The highest BCUT2D eigenvalue weighted by molar-refractivity contribution is 5.06. The molecule has 16 heavy (non-hydrogen) atoms. The van der Waals surface area contributed by atoms with E-state index in [9.17, 15) is 0 Å². The van der Waals surface area contributed by atoms with Gasteiger partial charge in [0.2, 0.25) is 0 Å². The van der Waals surface area contributed by atoms with Gasteiger partial charge in [-0.2, -0.15) is 0 Å². The number of hydrogen-bond donors (Lipinski definition) is 1. The van der Waals surface area contributed by atoms with E-state index in [0.717, 1.165) is 23.4 Å². The fraction of sp³-hybridized carbons (Fsp3) is 1.00. The molecule has 2 saturated heterocycles. The van der Waals surface area contributed by atoms with Crippen LogP contribution < -0.4 is 5.32 Å². The van der Waals surface area contributed by atoms with Crippen LogP contribution in [-0.2, 0) is 0 Å². The average molecular weight is 220 g/mol. The first kappa shape index (κ1) is 9.90. The van der Waals surface area contributed by atoms with Gasteiger partial charge in [-0.1, -0.05) is 0 Å². The van der Waals surface area contributed by atoms with Crippen molar-refractivity contribution >= 4 is 0 Å². The van der Waals surface area contributed by atoms with E-state index in [4.69, 9.17) is 0 Å². The molecule has 0 aromatic heterocycles. The maximum absolute atomic E-state index is 3.94. The van der Waals surface area contributed by atoms with E-state index < -0.39 is 0 Å². The molecule has 4 fully saturated rings. The van der Waals surface area contributed by atoms with Gasteiger partial charge in [0, 0.05) is 25.2 Å². The summed E-state index contributed by atoms with van der Waals surface area (Å²) in [6.07, 6.45) is 10.4. The van der Waals surface area contributed by atoms with Gasteiger partial charge in [0.25, 0.3) is 0 Å². The Morgan fingerprint density at radius 2 is 1.94 bits per heavy atom. The smallest absolute Gasteiger partial charge is 0.0250 e. The van der Waals surface area contributed by atoms with Crippen molar-refractivity contribution in [1.29, 1.82) is 0 Å². The van der Waals surface area contributed by atoms with E-state index in [1.807, 2.05) is 0 Å². The first-order valence-electron chi connectivity index (χ1n) is 7.35. The standard InChI is InChI=1S/C14H24N2/c1-2-13-12(5-9-16(13)8-1)15-10-14(6-7-14)11-3-4-11/h11-13,15H,1-10H2. The summed E-state index contributed by atoms with van der Waals surface area (Å²) >= 11 is 0. The highest BCUT2D eigenvalue weighted by Gasteiger charge is 2.53. The second-order valence-electron chi connectivity index (χ2n) is 6.66. The third-order valence-corrected chi connectivity index (χ3v) is 5.66. The SMILES string of the molecule is C1CC2C(NCC3(C4CC4)CC3)CCN2C1. The second-order valence-corrected chi connectivity index (χ2v) is 6.66. The molecule has 2 aliphatic heterocycles. The monoisotopic (exact) mass is 220 g/mol. The summed E-state index contributed by atoms with van der Waals surface area (Å²) in [7, 11) is 0. The molecule has 2 nitrogen and oxygen atoms in total. The summed E-state index contributed by atoms with van der Waals surface area (Å²) in [6.45, 7) is 4.07. The lowest BCUT2D eigenvalue weighted by atomic mass is 9.99. The van der Waals surface area contributed by atoms with Crippen molar-refractivity contribution in [3.05, 3.63) is 0 Å². The van der Waals surface area contributed by atoms with E-state index in [-0.39, 0.29) is 0 Å². The van der Waals surface area contributed by atoms with Crippen LogP contribution in [-0.4, -0.2) is 36.6 Å². The van der Waals surface area contributed by atoms with Gasteiger partial charge in [0.05, 0.1) is 0 Å². The maximum atomic E-state index is 3.94. The number of rotatable bonds is 4. The van der Waals surface area contributed by atoms with E-state index in [2.05, 4.69) is 10.2 Å². The lowest BCUT2D eigenvalue weighted by molar-refractivity contribution is 0.285. The predicted molar refractivity (Wildman–Crippen MR) is 65.4 cm³/mol. The number of nitrogens with zero attached hydrogens (tertiary/aromatic N) is 1. The van der Waals surface area contributed by atoms with E-state index in [1.165, 1.54) is 64.6 Å². The minimum Gasteiger partial charge on any atom is -0.312 e. The van der Waals surface area contributed by atoms with Gasteiger partial charge in [-0.25, -0.2) is 0 Å². The Balaban J connectivity index is 1.34. The van der Waals surface area contributed by atoms with Crippen LogP contribution in [0.2, 0.25) is 0 Å². The molecule has 4 rings (SSSR count). The third-order valence-electron chi connectivity index (χ3n) is 5.66. The molecular weight excluding hydrogens is 196 g/mol. The quantitative estimate of drug-likeness (QED) is 0.779. The van der Waals surface area contributed by atoms with Crippen LogP contribution >= 0.6 is 0 Å². The molecule has 0 aromatic rings. The van der Waals surface area contributed by atoms with Crippen LogP contribution in [0.1, 0.15) is 44.9 Å². The van der Waals surface area contributed by atoms with Crippen LogP contribution in [0.25, 0.3) is 0 Å². The van der Waals surface area contributed by atoms with Gasteiger partial charge in [-0.15, -0.1) is 0 Å². The van der Waals surface area contributed by atoms with Crippen molar-refractivity contribution in [2.75, 3.05) is 19.6 Å². The number of nitrogens with one attached hydrogen (secondary N) is 1. The van der Waals surface area contributed by atoms with Crippen molar-refractivity contribution < 1.29 is 0 Å². The molecule has 0 radical (unpaired) electrons. The Bertz CT molecular complexity index is 280. The summed E-state index contributed by atoms with van der Waals surface area (Å²) in [6, 6.07) is 1.73. The van der Waals surface area contributed by atoms with E-state index in [1.54, 1.807) is 0 Å². The second kappa shape index (κ2) is 3.46. The Morgan fingerprint density at radius 1 is 1.06 bits per heavy atom. The van der Waals surface area contributed by atoms with Crippen LogP contribution in [0.5, 0.6) is 0 Å². The van der Waals surface area contributed by atoms with Gasteiger partial charge in [-0.05, 0) is 62.8 Å². The molecule has 2 atom stereocenters. The van der Waals surface area contributed by atoms with Gasteiger partial charge >= 0.3 is 0 Å². The zero-order valence-electron chi connectivity index (χ0n) is 10.3. The fourth-order valence-corrected chi connectivity index (χ4v) is 4.24. The molecule has 0 spiro atoms. The maximum Gasteiger partial charge on any atom is 0.0250 e. The summed E-state index contributed by atoms with van der Waals surface area (Å²) in [5.41, 5.74) is 0.784. The molecule has 2 heterocycles. The number of hydrogen-bond acceptors (Lipinski definition) is 2. The summed E-state index contributed by atoms with van der Waals surface area (Å²) in [5.74, 6) is 1.11. The minimum atomic E-state index is 0.784. The first-order valence-corrected chi connectivity index (χ1v) is 7.35. The van der Waals surface area contributed by atoms with Crippen molar-refractivity contribution in [2.45, 2.75) is 57.0 Å². The highest BCUT2D eigenvalue weighted by Crippen LogP contribution is 2.60. The number of fused-ring (bicyclic) bond motifs is 1. The van der Waals surface area contributed by atoms with Crippen LogP contribution in [0.15, 0.2) is 0 Å². The normalized spacial score (nSPS) is 41.2. The molecule has 0 aromatic carbocycles. The lowest BCUT2D eigenvalue weighted by Gasteiger charge is -2.24. The molecular formula is C14H24N2. The third kappa shape index (κ3) is 1.53. The van der Waals surface area contributed by atoms with Crippen LogP contribution in [0.4, 0.5) is 0 Å². The molecule has 90 valence electrons. The highest BCUT2D eigenvalue weighted by atomic mass is 15.2. The first-order chi connectivity index (χ1) is 7.87. The Kier molecular flexibility index (Phi) is 2.14. The van der Waals surface area contributed by atoms with Gasteiger partial charge < -0.3 is 5.32 Å². The molecule has 2 saturated carbocycles. The topological polar surface area (TPSA) is 15.3 Å². The van der Waals surface area contributed by atoms with Crippen molar-refractivity contribution in [3.63, 3.8) is 0 Å². The predicted octanol–water partition coefficient (Wildman–Crippen LogP) is 2.00. The summed E-state index contributed by atoms with van der Waals surface area (Å²) in [4.78, 5) is 2.72. The van der Waals surface area contributed by atoms with E-state index in [0.29, 0.717) is 0 Å². The molecule has 0 bridgehead atoms. The lowest BCUT2D eigenvalue weighted by Crippen LogP contribution is -2.42. The van der Waals surface area contributed by atoms with Crippen LogP contribution in [0.3, 0.4) is 0 Å². The fourth-order valence-electron chi connectivity index (χ4n) is 4.24. The average Bonchev–Trinajstić information content (AvgIpc) is 3.16. The van der Waals surface area contributed by atoms with Crippen molar-refractivity contribution in [3.8, 4) is 0 Å². The molecule has 0 amide bonds. The zero-order valence-corrected chi connectivity index (χ0v) is 10.3. The zero-order chi connectivity index (χ0) is 10.6. The molecule has 4 aliphatic rings. The molecule has 2 aliphatic carbocycles. The van der Waals surface area contributed by atoms with Crippen molar-refractivity contribution in [1.82, 2.24) is 10.2 Å². The van der Waals surface area contributed by atoms with E-state index >= 15 is 0 Å². The van der Waals surface area contributed by atoms with Crippen LogP contribution in [0, 0.1) is 11.3 Å². The van der Waals surface area contributed by atoms with Gasteiger partial charge in [0.1, 0.15) is 0 Å². The molecule has 2 unspecified atom stereocenters. The Morgan fingerprint density at radius 3 is 2.69 bits per heavy atom. The summed E-state index contributed by atoms with van der Waals surface area (Å²) in [5, 5.41) is 3.94. The Labute approximate surface area is 98.8 Å². The molecule has 2 heteroatoms. The van der Waals surface area contributed by atoms with Gasteiger partial charge in [-0.3, -0.25) is 4.90 Å².